The van der Waals surface area contributed by atoms with Gasteiger partial charge in [0.25, 0.3) is 0 Å². The number of carbonyl (C=O) groups excluding carboxylic acids is 1. The maximum atomic E-state index is 12.1. The van der Waals surface area contributed by atoms with Crippen molar-refractivity contribution in [3.63, 3.8) is 0 Å². The summed E-state index contributed by atoms with van der Waals surface area (Å²) in [7, 11) is -0.0636. The molecule has 0 saturated heterocycles. The van der Waals surface area contributed by atoms with E-state index >= 15 is 0 Å². The van der Waals surface area contributed by atoms with E-state index in [9.17, 15) is 14.3 Å². The summed E-state index contributed by atoms with van der Waals surface area (Å²) in [5.41, 5.74) is 0. The van der Waals surface area contributed by atoms with Crippen LogP contribution in [0.4, 0.5) is 0 Å². The molecule has 0 spiro atoms. The van der Waals surface area contributed by atoms with Gasteiger partial charge in [-0.05, 0) is 52.7 Å². The van der Waals surface area contributed by atoms with Gasteiger partial charge < -0.3 is 14.6 Å². The minimum atomic E-state index is -4.05. The highest BCUT2D eigenvalue weighted by atomic mass is 31.2. The number of hydrogen-bond acceptors (Lipinski definition) is 5. The molecule has 0 saturated carbocycles. The molecule has 0 amide bonds. The van der Waals surface area contributed by atoms with E-state index in [2.05, 4.69) is 11.8 Å². The van der Waals surface area contributed by atoms with E-state index in [1.807, 2.05) is 14.1 Å². The van der Waals surface area contributed by atoms with Crippen molar-refractivity contribution in [2.45, 2.75) is 129 Å². The molecule has 0 aliphatic carbocycles. The van der Waals surface area contributed by atoms with Gasteiger partial charge in [0.05, 0.1) is 13.2 Å². The lowest BCUT2D eigenvalue weighted by molar-refractivity contribution is -0.118. The third kappa shape index (κ3) is 24.9. The molecule has 0 aromatic heterocycles. The standard InChI is InChI=1S/C27H56NO5P/c1-5-6-7-8-9-10-11-12-13-14-15-16-17-18-21-27(24-26(2)29)25-33-34(30,31)32-23-20-19-22-28(3)4/h27H,5-25H2,1-4H3,(H,30,31). The van der Waals surface area contributed by atoms with Crippen molar-refractivity contribution in [1.29, 1.82) is 0 Å². The molecule has 6 nitrogen and oxygen atoms in total. The average Bonchev–Trinajstić information content (AvgIpc) is 2.76. The van der Waals surface area contributed by atoms with E-state index in [0.717, 1.165) is 32.2 Å². The molecule has 34 heavy (non-hydrogen) atoms. The van der Waals surface area contributed by atoms with E-state index in [1.165, 1.54) is 77.0 Å². The van der Waals surface area contributed by atoms with Crippen LogP contribution < -0.4 is 0 Å². The lowest BCUT2D eigenvalue weighted by atomic mass is 9.96. The zero-order valence-electron chi connectivity index (χ0n) is 22.9. The third-order valence-electron chi connectivity index (χ3n) is 6.27. The molecule has 0 aromatic rings. The van der Waals surface area contributed by atoms with Crippen molar-refractivity contribution < 1.29 is 23.3 Å². The minimum absolute atomic E-state index is 0.0207. The maximum Gasteiger partial charge on any atom is 0.472 e. The Kier molecular flexibility index (Phi) is 23.0. The fourth-order valence-electron chi connectivity index (χ4n) is 4.23. The number of Topliss-reactive ketones (excluding diaryl/α,β-unsaturated/α-hetero) is 1. The van der Waals surface area contributed by atoms with Crippen LogP contribution in [0.2, 0.25) is 0 Å². The predicted molar refractivity (Wildman–Crippen MR) is 143 cm³/mol. The summed E-state index contributed by atoms with van der Waals surface area (Å²) < 4.78 is 22.4. The Morgan fingerprint density at radius 1 is 0.794 bits per heavy atom. The molecule has 0 bridgehead atoms. The predicted octanol–water partition coefficient (Wildman–Crippen LogP) is 7.93. The number of rotatable bonds is 26. The molecule has 0 fully saturated rings. The molecule has 2 unspecified atom stereocenters. The van der Waals surface area contributed by atoms with E-state index in [-0.39, 0.29) is 24.9 Å². The summed E-state index contributed by atoms with van der Waals surface area (Å²) >= 11 is 0. The summed E-state index contributed by atoms with van der Waals surface area (Å²) in [6.07, 6.45) is 21.2. The molecule has 7 heteroatoms. The second-order valence-corrected chi connectivity index (χ2v) is 11.7. The van der Waals surface area contributed by atoms with Crippen LogP contribution >= 0.6 is 7.82 Å². The normalized spacial score (nSPS) is 14.4. The summed E-state index contributed by atoms with van der Waals surface area (Å²) in [5.74, 6) is 0.0731. The number of carbonyl (C=O) groups is 1. The molecule has 0 aliphatic heterocycles. The molecule has 0 radical (unpaired) electrons. The highest BCUT2D eigenvalue weighted by Gasteiger charge is 2.23. The Morgan fingerprint density at radius 2 is 1.29 bits per heavy atom. The molecular formula is C27H56NO5P. The Hall–Kier alpha value is -0.260. The van der Waals surface area contributed by atoms with Crippen LogP contribution in [0.25, 0.3) is 0 Å². The molecule has 204 valence electrons. The molecule has 0 aliphatic rings. The molecule has 1 N–H and O–H groups in total. The van der Waals surface area contributed by atoms with E-state index < -0.39 is 7.82 Å². The van der Waals surface area contributed by atoms with Gasteiger partial charge in [0.1, 0.15) is 5.78 Å². The van der Waals surface area contributed by atoms with E-state index in [0.29, 0.717) is 12.8 Å². The number of ketones is 1. The van der Waals surface area contributed by atoms with Crippen LogP contribution in [0.5, 0.6) is 0 Å². The van der Waals surface area contributed by atoms with Gasteiger partial charge in [0.2, 0.25) is 0 Å². The second-order valence-electron chi connectivity index (χ2n) is 10.3. The van der Waals surface area contributed by atoms with Gasteiger partial charge in [-0.3, -0.25) is 9.05 Å². The first-order valence-corrected chi connectivity index (χ1v) is 15.5. The van der Waals surface area contributed by atoms with Crippen molar-refractivity contribution in [3.8, 4) is 0 Å². The minimum Gasteiger partial charge on any atom is -0.309 e. The molecule has 0 heterocycles. The van der Waals surface area contributed by atoms with Crippen LogP contribution in [0.15, 0.2) is 0 Å². The molecule has 0 aromatic carbocycles. The van der Waals surface area contributed by atoms with Gasteiger partial charge in [-0.2, -0.15) is 0 Å². The fourth-order valence-corrected chi connectivity index (χ4v) is 5.06. The number of unbranched alkanes of at least 4 members (excludes halogenated alkanes) is 14. The van der Waals surface area contributed by atoms with Gasteiger partial charge in [0.15, 0.2) is 0 Å². The van der Waals surface area contributed by atoms with Crippen molar-refractivity contribution in [3.05, 3.63) is 0 Å². The van der Waals surface area contributed by atoms with Crippen LogP contribution in [-0.2, 0) is 18.4 Å². The van der Waals surface area contributed by atoms with Gasteiger partial charge in [0, 0.05) is 6.42 Å². The monoisotopic (exact) mass is 505 g/mol. The Bertz CT molecular complexity index is 515. The summed E-state index contributed by atoms with van der Waals surface area (Å²) in [6, 6.07) is 0. The van der Waals surface area contributed by atoms with E-state index in [4.69, 9.17) is 9.05 Å². The zero-order valence-corrected chi connectivity index (χ0v) is 23.8. The number of phosphoric ester groups is 1. The Labute approximate surface area is 211 Å². The fraction of sp³-hybridized carbons (Fsp3) is 0.963. The van der Waals surface area contributed by atoms with Crippen molar-refractivity contribution >= 4 is 13.6 Å². The molecule has 0 rings (SSSR count). The summed E-state index contributed by atoms with van der Waals surface area (Å²) in [5, 5.41) is 0. The molecular weight excluding hydrogens is 449 g/mol. The highest BCUT2D eigenvalue weighted by molar-refractivity contribution is 7.47. The van der Waals surface area contributed by atoms with Crippen LogP contribution in [0, 0.1) is 5.92 Å². The van der Waals surface area contributed by atoms with Crippen molar-refractivity contribution in [1.82, 2.24) is 4.90 Å². The number of hydrogen-bond donors (Lipinski definition) is 1. The van der Waals surface area contributed by atoms with Crippen molar-refractivity contribution in [2.24, 2.45) is 5.92 Å². The molecule has 2 atom stereocenters. The number of nitrogens with zero attached hydrogens (tertiary/aromatic N) is 1. The highest BCUT2D eigenvalue weighted by Crippen LogP contribution is 2.44. The third-order valence-corrected chi connectivity index (χ3v) is 7.25. The quantitative estimate of drug-likeness (QED) is 0.0950. The Morgan fingerprint density at radius 3 is 1.76 bits per heavy atom. The Balaban J connectivity index is 3.82. The average molecular weight is 506 g/mol. The number of phosphoric acid groups is 1. The maximum absolute atomic E-state index is 12.1. The van der Waals surface area contributed by atoms with Gasteiger partial charge in [-0.15, -0.1) is 0 Å². The van der Waals surface area contributed by atoms with Gasteiger partial charge in [-0.1, -0.05) is 96.8 Å². The van der Waals surface area contributed by atoms with Crippen LogP contribution in [-0.4, -0.2) is 49.4 Å². The summed E-state index contributed by atoms with van der Waals surface area (Å²) in [4.78, 5) is 23.6. The lowest BCUT2D eigenvalue weighted by Gasteiger charge is -2.18. The van der Waals surface area contributed by atoms with Crippen LogP contribution in [0.1, 0.15) is 129 Å². The first kappa shape index (κ1) is 33.7. The first-order valence-electron chi connectivity index (χ1n) is 14.0. The van der Waals surface area contributed by atoms with Gasteiger partial charge >= 0.3 is 7.82 Å². The topological polar surface area (TPSA) is 76.1 Å². The van der Waals surface area contributed by atoms with E-state index in [1.54, 1.807) is 6.92 Å². The first-order chi connectivity index (χ1) is 16.3. The lowest BCUT2D eigenvalue weighted by Crippen LogP contribution is -2.14. The zero-order chi connectivity index (χ0) is 25.5. The second kappa shape index (κ2) is 23.2. The van der Waals surface area contributed by atoms with Crippen molar-refractivity contribution in [2.75, 3.05) is 33.9 Å². The summed E-state index contributed by atoms with van der Waals surface area (Å²) in [6.45, 7) is 5.06. The SMILES string of the molecule is CCCCCCCCCCCCCCCCC(COP(=O)(O)OCCCCN(C)C)CC(C)=O. The van der Waals surface area contributed by atoms with Gasteiger partial charge in [-0.25, -0.2) is 4.57 Å². The largest absolute Gasteiger partial charge is 0.472 e. The van der Waals surface area contributed by atoms with Crippen LogP contribution in [0.3, 0.4) is 0 Å². The smallest absolute Gasteiger partial charge is 0.309 e.